The maximum absolute atomic E-state index is 13.0. The van der Waals surface area contributed by atoms with Gasteiger partial charge in [0, 0.05) is 17.3 Å². The Balaban J connectivity index is 3.39. The zero-order chi connectivity index (χ0) is 12.1. The van der Waals surface area contributed by atoms with Crippen LogP contribution in [-0.4, -0.2) is 13.1 Å². The number of rotatable bonds is 2. The van der Waals surface area contributed by atoms with Crippen molar-refractivity contribution in [1.29, 1.82) is 5.26 Å². The highest BCUT2D eigenvalue weighted by Gasteiger charge is 2.14. The summed E-state index contributed by atoms with van der Waals surface area (Å²) >= 11 is 0. The van der Waals surface area contributed by atoms with E-state index < -0.39 is 11.8 Å². The van der Waals surface area contributed by atoms with Crippen molar-refractivity contribution < 1.29 is 13.9 Å². The number of hydrogen-bond acceptors (Lipinski definition) is 4. The van der Waals surface area contributed by atoms with Crippen LogP contribution in [0.1, 0.15) is 15.9 Å². The summed E-state index contributed by atoms with van der Waals surface area (Å²) < 4.78 is 17.5. The van der Waals surface area contributed by atoms with Crippen molar-refractivity contribution in [3.05, 3.63) is 35.2 Å². The second-order valence-electron chi connectivity index (χ2n) is 2.91. The largest absolute Gasteiger partial charge is 0.465 e. The van der Waals surface area contributed by atoms with Gasteiger partial charge in [-0.1, -0.05) is 0 Å². The molecule has 0 saturated heterocycles. The Morgan fingerprint density at radius 3 is 2.88 bits per heavy atom. The van der Waals surface area contributed by atoms with E-state index in [0.29, 0.717) is 0 Å². The average molecular weight is 220 g/mol. The average Bonchev–Trinajstić information content (AvgIpc) is 2.26. The normalized spacial score (nSPS) is 10.1. The number of allylic oxidation sites excluding steroid dienone is 1. The van der Waals surface area contributed by atoms with Gasteiger partial charge >= 0.3 is 5.97 Å². The molecule has 5 heteroatoms. The standard InChI is InChI=1S/C11H9FN2O2/c1-16-11(15)9-5-7(12)6-10(14)8(9)3-2-4-13/h2-3,5-6H,14H2,1H3/b3-2+. The molecule has 0 amide bonds. The number of anilines is 1. The maximum atomic E-state index is 13.0. The van der Waals surface area contributed by atoms with Gasteiger partial charge < -0.3 is 10.5 Å². The number of nitriles is 1. The van der Waals surface area contributed by atoms with Crippen LogP contribution >= 0.6 is 0 Å². The summed E-state index contributed by atoms with van der Waals surface area (Å²) in [6, 6.07) is 3.85. The SMILES string of the molecule is COC(=O)c1cc(F)cc(N)c1/C=C/C#N. The first-order chi connectivity index (χ1) is 7.60. The number of nitrogens with two attached hydrogens (primary N) is 1. The molecule has 0 bridgehead atoms. The highest BCUT2D eigenvalue weighted by molar-refractivity contribution is 5.96. The van der Waals surface area contributed by atoms with Gasteiger partial charge in [0.05, 0.1) is 18.7 Å². The number of ether oxygens (including phenoxy) is 1. The Kier molecular flexibility index (Phi) is 3.62. The van der Waals surface area contributed by atoms with E-state index in [1.807, 2.05) is 0 Å². The van der Waals surface area contributed by atoms with E-state index in [0.717, 1.165) is 18.2 Å². The predicted octanol–water partition coefficient (Wildman–Crippen LogP) is 1.73. The van der Waals surface area contributed by atoms with Crippen molar-refractivity contribution in [2.24, 2.45) is 0 Å². The molecule has 0 aliphatic carbocycles. The van der Waals surface area contributed by atoms with E-state index in [2.05, 4.69) is 4.74 Å². The van der Waals surface area contributed by atoms with Crippen molar-refractivity contribution in [1.82, 2.24) is 0 Å². The zero-order valence-corrected chi connectivity index (χ0v) is 8.53. The Labute approximate surface area is 91.7 Å². The summed E-state index contributed by atoms with van der Waals surface area (Å²) in [6.07, 6.45) is 2.48. The van der Waals surface area contributed by atoms with E-state index in [9.17, 15) is 9.18 Å². The van der Waals surface area contributed by atoms with Crippen LogP contribution in [0.2, 0.25) is 0 Å². The number of benzene rings is 1. The van der Waals surface area contributed by atoms with Gasteiger partial charge in [-0.2, -0.15) is 5.26 Å². The lowest BCUT2D eigenvalue weighted by molar-refractivity contribution is 0.0600. The smallest absolute Gasteiger partial charge is 0.338 e. The Morgan fingerprint density at radius 1 is 1.62 bits per heavy atom. The van der Waals surface area contributed by atoms with Gasteiger partial charge in [0.15, 0.2) is 0 Å². The molecule has 0 radical (unpaired) electrons. The topological polar surface area (TPSA) is 76.1 Å². The van der Waals surface area contributed by atoms with E-state index in [4.69, 9.17) is 11.0 Å². The van der Waals surface area contributed by atoms with Gasteiger partial charge in [-0.25, -0.2) is 9.18 Å². The lowest BCUT2D eigenvalue weighted by Gasteiger charge is -2.07. The molecule has 4 nitrogen and oxygen atoms in total. The fourth-order valence-corrected chi connectivity index (χ4v) is 1.22. The minimum atomic E-state index is -0.705. The first kappa shape index (κ1) is 11.7. The Bertz CT molecular complexity index is 489. The molecule has 0 aliphatic rings. The minimum Gasteiger partial charge on any atom is -0.465 e. The number of carbonyl (C=O) groups excluding carboxylic acids is 1. The Morgan fingerprint density at radius 2 is 2.31 bits per heavy atom. The van der Waals surface area contributed by atoms with Crippen LogP contribution < -0.4 is 5.73 Å². The Hall–Kier alpha value is -2.35. The van der Waals surface area contributed by atoms with Gasteiger partial charge in [-0.15, -0.1) is 0 Å². The molecule has 0 aliphatic heterocycles. The minimum absolute atomic E-state index is 0.00787. The molecule has 2 N–H and O–H groups in total. The van der Waals surface area contributed by atoms with Crippen LogP contribution in [0.4, 0.5) is 10.1 Å². The predicted molar refractivity (Wildman–Crippen MR) is 56.8 cm³/mol. The first-order valence-electron chi connectivity index (χ1n) is 4.33. The van der Waals surface area contributed by atoms with Crippen LogP contribution in [0, 0.1) is 17.1 Å². The van der Waals surface area contributed by atoms with Crippen molar-refractivity contribution in [2.75, 3.05) is 12.8 Å². The number of nitrogens with zero attached hydrogens (tertiary/aromatic N) is 1. The molecule has 0 atom stereocenters. The monoisotopic (exact) mass is 220 g/mol. The highest BCUT2D eigenvalue weighted by Crippen LogP contribution is 2.21. The molecular formula is C11H9FN2O2. The molecule has 1 rings (SSSR count). The molecule has 16 heavy (non-hydrogen) atoms. The van der Waals surface area contributed by atoms with E-state index in [-0.39, 0.29) is 16.8 Å². The van der Waals surface area contributed by atoms with E-state index >= 15 is 0 Å². The van der Waals surface area contributed by atoms with Crippen LogP contribution in [0.15, 0.2) is 18.2 Å². The number of halogens is 1. The number of methoxy groups -OCH3 is 1. The third-order valence-electron chi connectivity index (χ3n) is 1.91. The van der Waals surface area contributed by atoms with Crippen LogP contribution in [-0.2, 0) is 4.74 Å². The molecule has 1 aromatic carbocycles. The third kappa shape index (κ3) is 2.36. The summed E-state index contributed by atoms with van der Waals surface area (Å²) in [7, 11) is 1.18. The van der Waals surface area contributed by atoms with Gasteiger partial charge in [0.2, 0.25) is 0 Å². The summed E-state index contributed by atoms with van der Waals surface area (Å²) in [4.78, 5) is 11.3. The van der Waals surface area contributed by atoms with Crippen molar-refractivity contribution >= 4 is 17.7 Å². The van der Waals surface area contributed by atoms with Crippen molar-refractivity contribution in [3.63, 3.8) is 0 Å². The molecule has 0 saturated carbocycles. The first-order valence-corrected chi connectivity index (χ1v) is 4.33. The van der Waals surface area contributed by atoms with Crippen LogP contribution in [0.3, 0.4) is 0 Å². The summed E-state index contributed by atoms with van der Waals surface area (Å²) in [5, 5.41) is 8.39. The molecule has 0 fully saturated rings. The van der Waals surface area contributed by atoms with Crippen LogP contribution in [0.25, 0.3) is 6.08 Å². The lowest BCUT2D eigenvalue weighted by atomic mass is 10.0. The molecule has 82 valence electrons. The second kappa shape index (κ2) is 4.94. The second-order valence-corrected chi connectivity index (χ2v) is 2.91. The summed E-state index contributed by atoms with van der Waals surface area (Å²) in [5.74, 6) is -1.34. The zero-order valence-electron chi connectivity index (χ0n) is 8.53. The van der Waals surface area contributed by atoms with Gasteiger partial charge in [-0.3, -0.25) is 0 Å². The van der Waals surface area contributed by atoms with Gasteiger partial charge in [0.1, 0.15) is 5.82 Å². The fraction of sp³-hybridized carbons (Fsp3) is 0.0909. The van der Waals surface area contributed by atoms with Crippen molar-refractivity contribution in [3.8, 4) is 6.07 Å². The number of nitrogen functional groups attached to an aromatic ring is 1. The molecule has 0 spiro atoms. The summed E-state index contributed by atoms with van der Waals surface area (Å²) in [5.41, 5.74) is 5.89. The molecular weight excluding hydrogens is 211 g/mol. The quantitative estimate of drug-likeness (QED) is 0.467. The summed E-state index contributed by atoms with van der Waals surface area (Å²) in [6.45, 7) is 0. The number of esters is 1. The number of hydrogen-bond donors (Lipinski definition) is 1. The maximum Gasteiger partial charge on any atom is 0.338 e. The third-order valence-corrected chi connectivity index (χ3v) is 1.91. The lowest BCUT2D eigenvalue weighted by Crippen LogP contribution is -2.06. The van der Waals surface area contributed by atoms with E-state index in [1.54, 1.807) is 6.07 Å². The van der Waals surface area contributed by atoms with E-state index in [1.165, 1.54) is 13.2 Å². The number of carbonyl (C=O) groups is 1. The van der Waals surface area contributed by atoms with Crippen molar-refractivity contribution in [2.45, 2.75) is 0 Å². The molecule has 0 unspecified atom stereocenters. The van der Waals surface area contributed by atoms with Gasteiger partial charge in [-0.05, 0) is 18.2 Å². The fourth-order valence-electron chi connectivity index (χ4n) is 1.22. The van der Waals surface area contributed by atoms with Gasteiger partial charge in [0.25, 0.3) is 0 Å². The molecule has 0 heterocycles. The molecule has 1 aromatic rings. The molecule has 0 aromatic heterocycles. The van der Waals surface area contributed by atoms with Crippen LogP contribution in [0.5, 0.6) is 0 Å². The highest BCUT2D eigenvalue weighted by atomic mass is 19.1.